The molecule has 1 saturated heterocycles. The Bertz CT molecular complexity index is 430. The monoisotopic (exact) mass is 305 g/mol. The van der Waals surface area contributed by atoms with Gasteiger partial charge in [-0.3, -0.25) is 4.90 Å². The lowest BCUT2D eigenvalue weighted by molar-refractivity contribution is 0.126. The third-order valence-corrected chi connectivity index (χ3v) is 4.36. The molecule has 1 aliphatic heterocycles. The summed E-state index contributed by atoms with van der Waals surface area (Å²) in [7, 11) is 0. The average molecular weight is 305 g/mol. The van der Waals surface area contributed by atoms with Crippen molar-refractivity contribution in [3.05, 3.63) is 29.8 Å². The van der Waals surface area contributed by atoms with Crippen molar-refractivity contribution in [2.45, 2.75) is 39.3 Å². The molecule has 0 amide bonds. The van der Waals surface area contributed by atoms with E-state index in [1.165, 1.54) is 5.56 Å². The first-order chi connectivity index (χ1) is 10.7. The Morgan fingerprint density at radius 1 is 1.18 bits per heavy atom. The number of ether oxygens (including phenoxy) is 1. The molecule has 0 aliphatic carbocycles. The largest absolute Gasteiger partial charge is 0.491 e. The second kappa shape index (κ2) is 9.13. The summed E-state index contributed by atoms with van der Waals surface area (Å²) in [5, 5.41) is 0. The summed E-state index contributed by atoms with van der Waals surface area (Å²) in [6, 6.07) is 8.54. The van der Waals surface area contributed by atoms with E-state index in [1.54, 1.807) is 0 Å². The molecule has 0 spiro atoms. The smallest absolute Gasteiger partial charge is 0.120 e. The van der Waals surface area contributed by atoms with Crippen LogP contribution >= 0.6 is 0 Å². The number of piperazine rings is 1. The Morgan fingerprint density at radius 3 is 2.59 bits per heavy atom. The highest BCUT2D eigenvalue weighted by molar-refractivity contribution is 5.28. The van der Waals surface area contributed by atoms with Gasteiger partial charge in [-0.2, -0.15) is 0 Å². The minimum absolute atomic E-state index is 0.279. The molecule has 0 aromatic heterocycles. The number of hydrogen-bond donors (Lipinski definition) is 1. The second-order valence-corrected chi connectivity index (χ2v) is 6.24. The summed E-state index contributed by atoms with van der Waals surface area (Å²) >= 11 is 0. The fourth-order valence-corrected chi connectivity index (χ4v) is 2.78. The van der Waals surface area contributed by atoms with Gasteiger partial charge >= 0.3 is 0 Å². The SMILES string of the molecule is CCC(C)Oc1cccc(CN2CCN(CCCN)CC2)c1. The van der Waals surface area contributed by atoms with Crippen molar-refractivity contribution in [1.29, 1.82) is 0 Å². The van der Waals surface area contributed by atoms with E-state index in [0.717, 1.165) is 64.4 Å². The van der Waals surface area contributed by atoms with Crippen molar-refractivity contribution in [3.8, 4) is 5.75 Å². The molecule has 1 aromatic carbocycles. The van der Waals surface area contributed by atoms with Gasteiger partial charge in [-0.05, 0) is 50.6 Å². The second-order valence-electron chi connectivity index (χ2n) is 6.24. The van der Waals surface area contributed by atoms with Crippen molar-refractivity contribution >= 4 is 0 Å². The zero-order chi connectivity index (χ0) is 15.8. The van der Waals surface area contributed by atoms with Crippen LogP contribution in [0.3, 0.4) is 0 Å². The first-order valence-corrected chi connectivity index (χ1v) is 8.61. The summed E-state index contributed by atoms with van der Waals surface area (Å²) in [4.78, 5) is 5.05. The molecule has 2 N–H and O–H groups in total. The minimum Gasteiger partial charge on any atom is -0.491 e. The summed E-state index contributed by atoms with van der Waals surface area (Å²) in [6.07, 6.45) is 2.42. The van der Waals surface area contributed by atoms with Crippen LogP contribution in [0.2, 0.25) is 0 Å². The normalized spacial score (nSPS) is 18.3. The van der Waals surface area contributed by atoms with Gasteiger partial charge in [0.05, 0.1) is 6.10 Å². The summed E-state index contributed by atoms with van der Waals surface area (Å²) in [5.74, 6) is 0.994. The molecule has 1 heterocycles. The molecule has 1 aromatic rings. The number of benzene rings is 1. The van der Waals surface area contributed by atoms with Gasteiger partial charge in [-0.1, -0.05) is 19.1 Å². The molecule has 124 valence electrons. The van der Waals surface area contributed by atoms with E-state index < -0.39 is 0 Å². The first-order valence-electron chi connectivity index (χ1n) is 8.61. The maximum atomic E-state index is 5.92. The first kappa shape index (κ1) is 17.3. The number of nitrogens with two attached hydrogens (primary N) is 1. The quantitative estimate of drug-likeness (QED) is 0.800. The Kier molecular flexibility index (Phi) is 7.16. The van der Waals surface area contributed by atoms with Crippen LogP contribution in [0, 0.1) is 0 Å². The van der Waals surface area contributed by atoms with E-state index in [4.69, 9.17) is 10.5 Å². The van der Waals surface area contributed by atoms with Gasteiger partial charge in [0.15, 0.2) is 0 Å². The maximum absolute atomic E-state index is 5.92. The van der Waals surface area contributed by atoms with Gasteiger partial charge in [-0.15, -0.1) is 0 Å². The Labute approximate surface area is 135 Å². The van der Waals surface area contributed by atoms with E-state index in [0.29, 0.717) is 0 Å². The lowest BCUT2D eigenvalue weighted by atomic mass is 10.2. The van der Waals surface area contributed by atoms with E-state index in [2.05, 4.69) is 47.9 Å². The molecule has 0 bridgehead atoms. The lowest BCUT2D eigenvalue weighted by Gasteiger charge is -2.34. The van der Waals surface area contributed by atoms with Crippen molar-refractivity contribution in [2.24, 2.45) is 5.73 Å². The number of hydrogen-bond acceptors (Lipinski definition) is 4. The van der Waals surface area contributed by atoms with Crippen LogP contribution in [0.15, 0.2) is 24.3 Å². The maximum Gasteiger partial charge on any atom is 0.120 e. The van der Waals surface area contributed by atoms with Crippen molar-refractivity contribution < 1.29 is 4.74 Å². The van der Waals surface area contributed by atoms with Crippen LogP contribution in [0.25, 0.3) is 0 Å². The highest BCUT2D eigenvalue weighted by Crippen LogP contribution is 2.18. The standard InChI is InChI=1S/C18H31N3O/c1-3-16(2)22-18-7-4-6-17(14-18)15-21-12-10-20(11-13-21)9-5-8-19/h4,6-7,14,16H,3,5,8-13,15,19H2,1-2H3. The molecule has 22 heavy (non-hydrogen) atoms. The average Bonchev–Trinajstić information content (AvgIpc) is 2.54. The highest BCUT2D eigenvalue weighted by atomic mass is 16.5. The van der Waals surface area contributed by atoms with Crippen molar-refractivity contribution in [3.63, 3.8) is 0 Å². The van der Waals surface area contributed by atoms with Gasteiger partial charge < -0.3 is 15.4 Å². The van der Waals surface area contributed by atoms with Crippen LogP contribution < -0.4 is 10.5 Å². The van der Waals surface area contributed by atoms with E-state index >= 15 is 0 Å². The van der Waals surface area contributed by atoms with Gasteiger partial charge in [0.1, 0.15) is 5.75 Å². The van der Waals surface area contributed by atoms with Crippen LogP contribution in [-0.4, -0.2) is 55.2 Å². The minimum atomic E-state index is 0.279. The van der Waals surface area contributed by atoms with Crippen LogP contribution in [0.1, 0.15) is 32.3 Å². The van der Waals surface area contributed by atoms with Gasteiger partial charge in [0, 0.05) is 32.7 Å². The Balaban J connectivity index is 1.80. The molecule has 1 aliphatic rings. The van der Waals surface area contributed by atoms with Crippen LogP contribution in [0.4, 0.5) is 0 Å². The molecule has 4 nitrogen and oxygen atoms in total. The van der Waals surface area contributed by atoms with Gasteiger partial charge in [0.25, 0.3) is 0 Å². The van der Waals surface area contributed by atoms with Crippen molar-refractivity contribution in [2.75, 3.05) is 39.3 Å². The topological polar surface area (TPSA) is 41.7 Å². The Hall–Kier alpha value is -1.10. The molecule has 1 atom stereocenters. The van der Waals surface area contributed by atoms with Crippen LogP contribution in [0.5, 0.6) is 5.75 Å². The molecule has 0 saturated carbocycles. The summed E-state index contributed by atoms with van der Waals surface area (Å²) in [5.41, 5.74) is 6.93. The molecule has 1 fully saturated rings. The molecule has 2 rings (SSSR count). The third-order valence-electron chi connectivity index (χ3n) is 4.36. The predicted octanol–water partition coefficient (Wildman–Crippen LogP) is 2.33. The molecule has 4 heteroatoms. The highest BCUT2D eigenvalue weighted by Gasteiger charge is 2.16. The zero-order valence-corrected chi connectivity index (χ0v) is 14.1. The van der Waals surface area contributed by atoms with Gasteiger partial charge in [-0.25, -0.2) is 0 Å². The zero-order valence-electron chi connectivity index (χ0n) is 14.1. The molecular weight excluding hydrogens is 274 g/mol. The van der Waals surface area contributed by atoms with E-state index in [-0.39, 0.29) is 6.10 Å². The summed E-state index contributed by atoms with van der Waals surface area (Å²) < 4.78 is 5.92. The molecule has 1 unspecified atom stereocenters. The van der Waals surface area contributed by atoms with Crippen LogP contribution in [-0.2, 0) is 6.54 Å². The number of nitrogens with zero attached hydrogens (tertiary/aromatic N) is 2. The van der Waals surface area contributed by atoms with Crippen molar-refractivity contribution in [1.82, 2.24) is 9.80 Å². The third kappa shape index (κ3) is 5.59. The Morgan fingerprint density at radius 2 is 1.91 bits per heavy atom. The number of rotatable bonds is 8. The van der Waals surface area contributed by atoms with Gasteiger partial charge in [0.2, 0.25) is 0 Å². The fraction of sp³-hybridized carbons (Fsp3) is 0.667. The molecular formula is C18H31N3O. The van der Waals surface area contributed by atoms with E-state index in [1.807, 2.05) is 0 Å². The van der Waals surface area contributed by atoms with E-state index in [9.17, 15) is 0 Å². The lowest BCUT2D eigenvalue weighted by Crippen LogP contribution is -2.46. The molecule has 0 radical (unpaired) electrons. The fourth-order valence-electron chi connectivity index (χ4n) is 2.78. The summed E-state index contributed by atoms with van der Waals surface area (Å²) in [6.45, 7) is 11.8. The predicted molar refractivity (Wildman–Crippen MR) is 92.2 cm³/mol.